The number of carbonyl (C=O) groups is 1. The van der Waals surface area contributed by atoms with Gasteiger partial charge >= 0.3 is 5.97 Å². The summed E-state index contributed by atoms with van der Waals surface area (Å²) in [6.45, 7) is 4.04. The highest BCUT2D eigenvalue weighted by Gasteiger charge is 2.43. The van der Waals surface area contributed by atoms with Crippen molar-refractivity contribution in [3.05, 3.63) is 58.7 Å². The summed E-state index contributed by atoms with van der Waals surface area (Å²) in [7, 11) is 0. The number of aliphatic carboxylic acids is 1. The number of phenols is 2. The number of rotatable bonds is 6. The second-order valence-electron chi connectivity index (χ2n) is 5.77. The zero-order chi connectivity index (χ0) is 17.9. The van der Waals surface area contributed by atoms with Crippen molar-refractivity contribution < 1.29 is 20.1 Å². The van der Waals surface area contributed by atoms with Gasteiger partial charge in [-0.2, -0.15) is 0 Å². The van der Waals surface area contributed by atoms with Gasteiger partial charge in [-0.1, -0.05) is 12.1 Å². The quantitative estimate of drug-likeness (QED) is 0.549. The monoisotopic (exact) mass is 330 g/mol. The molecule has 24 heavy (non-hydrogen) atoms. The number of carboxylic acid groups (broad SMARTS) is 1. The highest BCUT2D eigenvalue weighted by atomic mass is 16.4. The molecule has 128 valence electrons. The van der Waals surface area contributed by atoms with Crippen molar-refractivity contribution in [2.45, 2.75) is 19.4 Å². The van der Waals surface area contributed by atoms with Crippen LogP contribution in [0.15, 0.2) is 36.4 Å². The first kappa shape index (κ1) is 17.8. The van der Waals surface area contributed by atoms with E-state index in [9.17, 15) is 20.1 Å². The minimum Gasteiger partial charge on any atom is -0.508 e. The first-order valence-electron chi connectivity index (χ1n) is 7.61. The molecule has 0 bridgehead atoms. The summed E-state index contributed by atoms with van der Waals surface area (Å²) in [5, 5.41) is 32.5. The van der Waals surface area contributed by atoms with Gasteiger partial charge in [0, 0.05) is 13.1 Å². The highest BCUT2D eigenvalue weighted by molar-refractivity contribution is 5.86. The standard InChI is InChI=1S/C18H22N2O4/c1-11-9-13(21)3-5-15(11)18(17(23)24,20-8-7-19)16-6-4-14(22)10-12(16)2/h3-6,9-10,20-22H,7-8,19H2,1-2H3,(H,23,24). The van der Waals surface area contributed by atoms with Crippen molar-refractivity contribution in [2.24, 2.45) is 5.73 Å². The number of aromatic hydroxyl groups is 2. The van der Waals surface area contributed by atoms with Crippen molar-refractivity contribution in [1.29, 1.82) is 0 Å². The Morgan fingerprint density at radius 1 is 1.04 bits per heavy atom. The fourth-order valence-electron chi connectivity index (χ4n) is 3.04. The molecule has 0 spiro atoms. The smallest absolute Gasteiger partial charge is 0.333 e. The van der Waals surface area contributed by atoms with E-state index in [1.54, 1.807) is 26.0 Å². The molecular formula is C18H22N2O4. The number of hydrogen-bond donors (Lipinski definition) is 5. The van der Waals surface area contributed by atoms with Crippen molar-refractivity contribution in [1.82, 2.24) is 5.32 Å². The van der Waals surface area contributed by atoms with Gasteiger partial charge < -0.3 is 21.1 Å². The fraction of sp³-hybridized carbons (Fsp3) is 0.278. The molecule has 2 aromatic carbocycles. The Bertz CT molecular complexity index is 707. The van der Waals surface area contributed by atoms with Crippen LogP contribution in [0.5, 0.6) is 11.5 Å². The molecule has 0 unspecified atom stereocenters. The third-order valence-electron chi connectivity index (χ3n) is 4.08. The van der Waals surface area contributed by atoms with E-state index in [0.717, 1.165) is 0 Å². The molecule has 0 aliphatic carbocycles. The van der Waals surface area contributed by atoms with Crippen LogP contribution in [0.2, 0.25) is 0 Å². The molecule has 2 aromatic rings. The van der Waals surface area contributed by atoms with Crippen LogP contribution in [0, 0.1) is 13.8 Å². The van der Waals surface area contributed by atoms with Crippen LogP contribution >= 0.6 is 0 Å². The van der Waals surface area contributed by atoms with Crippen LogP contribution in [0.3, 0.4) is 0 Å². The molecule has 2 rings (SSSR count). The Morgan fingerprint density at radius 3 is 1.83 bits per heavy atom. The van der Waals surface area contributed by atoms with Crippen molar-refractivity contribution in [3.8, 4) is 11.5 Å². The van der Waals surface area contributed by atoms with Gasteiger partial charge in [0.15, 0.2) is 5.54 Å². The molecule has 0 saturated carbocycles. The van der Waals surface area contributed by atoms with Gasteiger partial charge in [-0.3, -0.25) is 5.32 Å². The molecule has 0 amide bonds. The molecule has 0 aliphatic rings. The first-order chi connectivity index (χ1) is 11.3. The maximum absolute atomic E-state index is 12.4. The molecule has 0 heterocycles. The van der Waals surface area contributed by atoms with Crippen LogP contribution in [-0.2, 0) is 10.3 Å². The largest absolute Gasteiger partial charge is 0.508 e. The topological polar surface area (TPSA) is 116 Å². The molecule has 0 saturated heterocycles. The number of hydrogen-bond acceptors (Lipinski definition) is 5. The summed E-state index contributed by atoms with van der Waals surface area (Å²) in [6.07, 6.45) is 0. The Hall–Kier alpha value is -2.57. The number of carboxylic acids is 1. The average molecular weight is 330 g/mol. The number of nitrogens with two attached hydrogens (primary N) is 1. The van der Waals surface area contributed by atoms with Gasteiger partial charge in [0.25, 0.3) is 0 Å². The molecule has 0 aromatic heterocycles. The van der Waals surface area contributed by atoms with Gasteiger partial charge in [-0.15, -0.1) is 0 Å². The van der Waals surface area contributed by atoms with E-state index in [0.29, 0.717) is 22.3 Å². The van der Waals surface area contributed by atoms with Crippen molar-refractivity contribution in [2.75, 3.05) is 13.1 Å². The van der Waals surface area contributed by atoms with E-state index < -0.39 is 11.5 Å². The number of nitrogens with one attached hydrogen (secondary N) is 1. The third-order valence-corrected chi connectivity index (χ3v) is 4.08. The fourth-order valence-corrected chi connectivity index (χ4v) is 3.04. The predicted octanol–water partition coefficient (Wildman–Crippen LogP) is 1.59. The minimum absolute atomic E-state index is 0.0665. The molecule has 0 aliphatic heterocycles. The number of phenolic OH excluding ortho intramolecular Hbond substituents is 2. The summed E-state index contributed by atoms with van der Waals surface area (Å²) >= 11 is 0. The number of aryl methyl sites for hydroxylation is 2. The maximum atomic E-state index is 12.4. The summed E-state index contributed by atoms with van der Waals surface area (Å²) in [6, 6.07) is 9.14. The van der Waals surface area contributed by atoms with E-state index >= 15 is 0 Å². The highest BCUT2D eigenvalue weighted by Crippen LogP contribution is 2.36. The summed E-state index contributed by atoms with van der Waals surface area (Å²) in [4.78, 5) is 12.4. The van der Waals surface area contributed by atoms with Gasteiger partial charge in [0.05, 0.1) is 0 Å². The van der Waals surface area contributed by atoms with Crippen molar-refractivity contribution in [3.63, 3.8) is 0 Å². The normalized spacial score (nSPS) is 11.5. The van der Waals surface area contributed by atoms with Crippen LogP contribution in [0.1, 0.15) is 22.3 Å². The van der Waals surface area contributed by atoms with Gasteiger partial charge in [0.1, 0.15) is 11.5 Å². The first-order valence-corrected chi connectivity index (χ1v) is 7.61. The zero-order valence-corrected chi connectivity index (χ0v) is 13.7. The predicted molar refractivity (Wildman–Crippen MR) is 91.2 cm³/mol. The number of benzene rings is 2. The molecule has 6 N–H and O–H groups in total. The van der Waals surface area contributed by atoms with E-state index in [-0.39, 0.29) is 24.6 Å². The molecule has 0 atom stereocenters. The molecular weight excluding hydrogens is 308 g/mol. The second-order valence-corrected chi connectivity index (χ2v) is 5.77. The lowest BCUT2D eigenvalue weighted by molar-refractivity contribution is -0.143. The van der Waals surface area contributed by atoms with Gasteiger partial charge in [-0.25, -0.2) is 4.79 Å². The van der Waals surface area contributed by atoms with E-state index in [2.05, 4.69) is 5.32 Å². The molecule has 0 fully saturated rings. The van der Waals surface area contributed by atoms with Crippen LogP contribution in [-0.4, -0.2) is 34.4 Å². The Balaban J connectivity index is 2.79. The van der Waals surface area contributed by atoms with E-state index in [1.165, 1.54) is 24.3 Å². The lowest BCUT2D eigenvalue weighted by Gasteiger charge is -2.34. The van der Waals surface area contributed by atoms with Crippen LogP contribution in [0.4, 0.5) is 0 Å². The molecule has 6 nitrogen and oxygen atoms in total. The van der Waals surface area contributed by atoms with Crippen molar-refractivity contribution >= 4 is 5.97 Å². The van der Waals surface area contributed by atoms with E-state index in [1.807, 2.05) is 0 Å². The Kier molecular flexibility index (Phi) is 5.11. The lowest BCUT2D eigenvalue weighted by Crippen LogP contribution is -2.52. The minimum atomic E-state index is -1.53. The zero-order valence-electron chi connectivity index (χ0n) is 13.7. The maximum Gasteiger partial charge on any atom is 0.333 e. The van der Waals surface area contributed by atoms with Crippen LogP contribution < -0.4 is 11.1 Å². The van der Waals surface area contributed by atoms with Crippen LogP contribution in [0.25, 0.3) is 0 Å². The summed E-state index contributed by atoms with van der Waals surface area (Å²) in [5.41, 5.74) is 6.33. The Labute approximate surface area is 140 Å². The lowest BCUT2D eigenvalue weighted by atomic mass is 9.78. The molecule has 0 radical (unpaired) electrons. The Morgan fingerprint density at radius 2 is 1.50 bits per heavy atom. The van der Waals surface area contributed by atoms with Gasteiger partial charge in [-0.05, 0) is 60.4 Å². The average Bonchev–Trinajstić information content (AvgIpc) is 2.50. The second kappa shape index (κ2) is 6.90. The SMILES string of the molecule is Cc1cc(O)ccc1C(NCCN)(C(=O)O)c1ccc(O)cc1C. The van der Waals surface area contributed by atoms with E-state index in [4.69, 9.17) is 5.73 Å². The summed E-state index contributed by atoms with van der Waals surface area (Å²) in [5.74, 6) is -0.952. The molecule has 6 heteroatoms. The van der Waals surface area contributed by atoms with Gasteiger partial charge in [0.2, 0.25) is 0 Å². The summed E-state index contributed by atoms with van der Waals surface area (Å²) < 4.78 is 0. The third kappa shape index (κ3) is 3.06.